The van der Waals surface area contributed by atoms with E-state index in [2.05, 4.69) is 27.2 Å². The minimum atomic E-state index is 0.123. The molecule has 1 aromatic rings. The van der Waals surface area contributed by atoms with Gasteiger partial charge in [-0.15, -0.1) is 0 Å². The number of nitrogens with zero attached hydrogens (tertiary/aromatic N) is 3. The van der Waals surface area contributed by atoms with Crippen molar-refractivity contribution < 1.29 is 9.47 Å². The van der Waals surface area contributed by atoms with Crippen molar-refractivity contribution in [3.8, 4) is 6.01 Å². The summed E-state index contributed by atoms with van der Waals surface area (Å²) >= 11 is 5.80. The summed E-state index contributed by atoms with van der Waals surface area (Å²) in [6.07, 6.45) is 0.886. The van der Waals surface area contributed by atoms with Crippen molar-refractivity contribution in [3.63, 3.8) is 0 Å². The van der Waals surface area contributed by atoms with E-state index in [1.165, 1.54) is 0 Å². The first-order valence-corrected chi connectivity index (χ1v) is 6.30. The summed E-state index contributed by atoms with van der Waals surface area (Å²) < 4.78 is 10.4. The van der Waals surface area contributed by atoms with Crippen LogP contribution < -0.4 is 10.1 Å². The number of hydrogen-bond acceptors (Lipinski definition) is 6. The Hall–Kier alpha value is -1.14. The van der Waals surface area contributed by atoms with Crippen LogP contribution in [0.3, 0.4) is 0 Å². The lowest BCUT2D eigenvalue weighted by Gasteiger charge is -2.11. The third kappa shape index (κ3) is 5.46. The van der Waals surface area contributed by atoms with Crippen LogP contribution in [0.1, 0.15) is 20.3 Å². The first kappa shape index (κ1) is 14.9. The topological polar surface area (TPSA) is 69.2 Å². The molecule has 0 saturated heterocycles. The molecule has 0 spiro atoms. The highest BCUT2D eigenvalue weighted by molar-refractivity contribution is 6.28. The van der Waals surface area contributed by atoms with Crippen LogP contribution in [0.5, 0.6) is 6.01 Å². The minimum absolute atomic E-state index is 0.123. The maximum atomic E-state index is 5.80. The molecule has 1 N–H and O–H groups in total. The van der Waals surface area contributed by atoms with Crippen LogP contribution >= 0.6 is 11.6 Å². The molecule has 0 aromatic carbocycles. The molecular weight excluding hydrogens is 256 g/mol. The Morgan fingerprint density at radius 1 is 1.33 bits per heavy atom. The van der Waals surface area contributed by atoms with E-state index < -0.39 is 0 Å². The lowest BCUT2D eigenvalue weighted by molar-refractivity contribution is 0.164. The zero-order chi connectivity index (χ0) is 13.4. The van der Waals surface area contributed by atoms with Crippen molar-refractivity contribution in [2.75, 3.05) is 32.2 Å². The Labute approximate surface area is 112 Å². The molecule has 0 bridgehead atoms. The number of halogens is 1. The Morgan fingerprint density at radius 3 is 2.78 bits per heavy atom. The number of anilines is 1. The van der Waals surface area contributed by atoms with Gasteiger partial charge in [0.05, 0.1) is 13.2 Å². The van der Waals surface area contributed by atoms with Gasteiger partial charge in [0.2, 0.25) is 11.2 Å². The molecule has 0 amide bonds. The Kier molecular flexibility index (Phi) is 6.67. The molecule has 0 fully saturated rings. The summed E-state index contributed by atoms with van der Waals surface area (Å²) in [5.41, 5.74) is 0. The number of ether oxygens (including phenoxy) is 2. The van der Waals surface area contributed by atoms with Gasteiger partial charge in [0.15, 0.2) is 0 Å². The van der Waals surface area contributed by atoms with Gasteiger partial charge >= 0.3 is 6.01 Å². The number of rotatable bonds is 8. The summed E-state index contributed by atoms with van der Waals surface area (Å²) in [6.45, 7) is 5.99. The largest absolute Gasteiger partial charge is 0.463 e. The summed E-state index contributed by atoms with van der Waals surface area (Å²) in [4.78, 5) is 12.0. The molecule has 0 radical (unpaired) electrons. The zero-order valence-corrected chi connectivity index (χ0v) is 11.7. The van der Waals surface area contributed by atoms with Crippen molar-refractivity contribution in [2.45, 2.75) is 20.3 Å². The fourth-order valence-corrected chi connectivity index (χ4v) is 1.43. The first-order chi connectivity index (χ1) is 8.65. The van der Waals surface area contributed by atoms with Crippen LogP contribution in [-0.2, 0) is 4.74 Å². The zero-order valence-electron chi connectivity index (χ0n) is 10.9. The van der Waals surface area contributed by atoms with E-state index >= 15 is 0 Å². The van der Waals surface area contributed by atoms with Crippen LogP contribution in [-0.4, -0.2) is 41.8 Å². The van der Waals surface area contributed by atoms with E-state index in [0.717, 1.165) is 6.42 Å². The molecule has 0 aliphatic rings. The SMILES string of the molecule is CCCOc1nc(Cl)nc(NCC(C)COC)n1. The molecule has 7 heteroatoms. The normalized spacial score (nSPS) is 12.2. The predicted octanol–water partition coefficient (Wildman–Crippen LogP) is 2.01. The molecule has 0 aliphatic heterocycles. The average Bonchev–Trinajstić information content (AvgIpc) is 2.34. The summed E-state index contributed by atoms with van der Waals surface area (Å²) in [5.74, 6) is 0.773. The maximum absolute atomic E-state index is 5.80. The molecule has 1 aromatic heterocycles. The van der Waals surface area contributed by atoms with Crippen LogP contribution in [0.15, 0.2) is 0 Å². The van der Waals surface area contributed by atoms with Gasteiger partial charge in [-0.2, -0.15) is 15.0 Å². The van der Waals surface area contributed by atoms with E-state index in [1.807, 2.05) is 6.92 Å². The highest BCUT2D eigenvalue weighted by atomic mass is 35.5. The Morgan fingerprint density at radius 2 is 2.11 bits per heavy atom. The molecule has 1 heterocycles. The van der Waals surface area contributed by atoms with E-state index in [1.54, 1.807) is 7.11 Å². The van der Waals surface area contributed by atoms with Crippen molar-refractivity contribution in [2.24, 2.45) is 5.92 Å². The second kappa shape index (κ2) is 8.05. The minimum Gasteiger partial charge on any atom is -0.463 e. The van der Waals surface area contributed by atoms with E-state index in [0.29, 0.717) is 31.6 Å². The average molecular weight is 275 g/mol. The fraction of sp³-hybridized carbons (Fsp3) is 0.727. The highest BCUT2D eigenvalue weighted by Gasteiger charge is 2.07. The van der Waals surface area contributed by atoms with Crippen molar-refractivity contribution >= 4 is 17.5 Å². The van der Waals surface area contributed by atoms with Gasteiger partial charge in [-0.25, -0.2) is 0 Å². The highest BCUT2D eigenvalue weighted by Crippen LogP contribution is 2.12. The van der Waals surface area contributed by atoms with Gasteiger partial charge in [-0.05, 0) is 23.9 Å². The van der Waals surface area contributed by atoms with Gasteiger partial charge in [0.1, 0.15) is 0 Å². The molecule has 0 saturated carbocycles. The van der Waals surface area contributed by atoms with Gasteiger partial charge in [-0.1, -0.05) is 13.8 Å². The number of hydrogen-bond donors (Lipinski definition) is 1. The quantitative estimate of drug-likeness (QED) is 0.782. The molecule has 0 aliphatic carbocycles. The van der Waals surface area contributed by atoms with Gasteiger partial charge in [0, 0.05) is 13.7 Å². The Bertz CT molecular complexity index is 365. The van der Waals surface area contributed by atoms with Crippen molar-refractivity contribution in [1.82, 2.24) is 15.0 Å². The molecule has 102 valence electrons. The number of aromatic nitrogens is 3. The third-order valence-corrected chi connectivity index (χ3v) is 2.25. The third-order valence-electron chi connectivity index (χ3n) is 2.08. The molecule has 1 rings (SSSR count). The predicted molar refractivity (Wildman–Crippen MR) is 70.2 cm³/mol. The van der Waals surface area contributed by atoms with Crippen LogP contribution in [0.2, 0.25) is 5.28 Å². The van der Waals surface area contributed by atoms with Crippen LogP contribution in [0.25, 0.3) is 0 Å². The number of methoxy groups -OCH3 is 1. The number of nitrogens with one attached hydrogen (secondary N) is 1. The molecule has 6 nitrogen and oxygen atoms in total. The lowest BCUT2D eigenvalue weighted by Crippen LogP contribution is -2.17. The summed E-state index contributed by atoms with van der Waals surface area (Å²) in [5, 5.41) is 3.20. The van der Waals surface area contributed by atoms with Crippen LogP contribution in [0, 0.1) is 5.92 Å². The van der Waals surface area contributed by atoms with Crippen LogP contribution in [0.4, 0.5) is 5.95 Å². The van der Waals surface area contributed by atoms with E-state index in [9.17, 15) is 0 Å². The molecular formula is C11H19ClN4O2. The molecule has 1 atom stereocenters. The summed E-state index contributed by atoms with van der Waals surface area (Å²) in [7, 11) is 1.67. The monoisotopic (exact) mass is 274 g/mol. The maximum Gasteiger partial charge on any atom is 0.322 e. The first-order valence-electron chi connectivity index (χ1n) is 5.92. The van der Waals surface area contributed by atoms with Gasteiger partial charge in [0.25, 0.3) is 0 Å². The fourth-order valence-electron chi connectivity index (χ4n) is 1.28. The van der Waals surface area contributed by atoms with Gasteiger partial charge in [-0.3, -0.25) is 0 Å². The van der Waals surface area contributed by atoms with Crippen molar-refractivity contribution in [3.05, 3.63) is 5.28 Å². The second-order valence-electron chi connectivity index (χ2n) is 4.00. The van der Waals surface area contributed by atoms with E-state index in [-0.39, 0.29) is 11.3 Å². The second-order valence-corrected chi connectivity index (χ2v) is 4.34. The Balaban J connectivity index is 2.56. The lowest BCUT2D eigenvalue weighted by atomic mass is 10.2. The van der Waals surface area contributed by atoms with E-state index in [4.69, 9.17) is 21.1 Å². The standard InChI is InChI=1S/C11H19ClN4O2/c1-4-5-18-11-15-9(12)14-10(16-11)13-6-8(2)7-17-3/h8H,4-7H2,1-3H3,(H,13,14,15,16). The van der Waals surface area contributed by atoms with Gasteiger partial charge < -0.3 is 14.8 Å². The molecule has 1 unspecified atom stereocenters. The van der Waals surface area contributed by atoms with Crippen molar-refractivity contribution in [1.29, 1.82) is 0 Å². The summed E-state index contributed by atoms with van der Waals surface area (Å²) in [6, 6.07) is 0.249. The molecule has 18 heavy (non-hydrogen) atoms. The smallest absolute Gasteiger partial charge is 0.322 e.